The van der Waals surface area contributed by atoms with E-state index in [0.717, 1.165) is 49.6 Å². The molecule has 1 aromatic heterocycles. The molecule has 1 aliphatic heterocycles. The van der Waals surface area contributed by atoms with Gasteiger partial charge in [-0.2, -0.15) is 0 Å². The van der Waals surface area contributed by atoms with Gasteiger partial charge >= 0.3 is 0 Å². The molecular weight excluding hydrogens is 316 g/mol. The van der Waals surface area contributed by atoms with Gasteiger partial charge in [-0.25, -0.2) is 4.98 Å². The second kappa shape index (κ2) is 7.28. The fourth-order valence-corrected chi connectivity index (χ4v) is 4.07. The van der Waals surface area contributed by atoms with Crippen molar-refractivity contribution in [2.24, 2.45) is 5.92 Å². The number of aliphatic hydroxyl groups excluding tert-OH is 1. The van der Waals surface area contributed by atoms with Gasteiger partial charge in [0.05, 0.1) is 32.1 Å². The summed E-state index contributed by atoms with van der Waals surface area (Å²) in [6.07, 6.45) is 4.69. The minimum atomic E-state index is -0.207. The largest absolute Gasteiger partial charge is 0.439 e. The fourth-order valence-electron chi connectivity index (χ4n) is 4.07. The number of benzene rings is 1. The van der Waals surface area contributed by atoms with Crippen LogP contribution in [0.1, 0.15) is 30.7 Å². The number of ether oxygens (including phenoxy) is 1. The SMILES string of the molecule is Cc1ccc(-c2cnc(CN3CCOC[C@@H]3[C@@H]3CCC[C@H]3O)o2)cc1. The maximum atomic E-state index is 10.3. The van der Waals surface area contributed by atoms with Gasteiger partial charge in [-0.1, -0.05) is 36.2 Å². The van der Waals surface area contributed by atoms with Crippen LogP contribution >= 0.6 is 0 Å². The smallest absolute Gasteiger partial charge is 0.209 e. The van der Waals surface area contributed by atoms with Crippen molar-refractivity contribution in [3.8, 4) is 11.3 Å². The van der Waals surface area contributed by atoms with Gasteiger partial charge in [-0.05, 0) is 19.8 Å². The van der Waals surface area contributed by atoms with Crippen LogP contribution in [0.4, 0.5) is 0 Å². The average Bonchev–Trinajstić information content (AvgIpc) is 3.25. The summed E-state index contributed by atoms with van der Waals surface area (Å²) >= 11 is 0. The number of rotatable bonds is 4. The van der Waals surface area contributed by atoms with Crippen LogP contribution in [0.2, 0.25) is 0 Å². The third-order valence-electron chi connectivity index (χ3n) is 5.53. The topological polar surface area (TPSA) is 58.7 Å². The van der Waals surface area contributed by atoms with Crippen molar-refractivity contribution in [3.63, 3.8) is 0 Å². The Balaban J connectivity index is 1.47. The molecule has 4 rings (SSSR count). The van der Waals surface area contributed by atoms with Gasteiger partial charge in [0.2, 0.25) is 5.89 Å². The van der Waals surface area contributed by atoms with E-state index in [0.29, 0.717) is 19.1 Å². The molecule has 0 amide bonds. The molecule has 5 nitrogen and oxygen atoms in total. The first kappa shape index (κ1) is 16.8. The first-order valence-corrected chi connectivity index (χ1v) is 9.22. The summed E-state index contributed by atoms with van der Waals surface area (Å²) in [5.74, 6) is 1.84. The monoisotopic (exact) mass is 342 g/mol. The summed E-state index contributed by atoms with van der Waals surface area (Å²) in [5.41, 5.74) is 2.28. The Morgan fingerprint density at radius 3 is 2.84 bits per heavy atom. The Bertz CT molecular complexity index is 697. The van der Waals surface area contributed by atoms with Crippen LogP contribution in [0.5, 0.6) is 0 Å². The van der Waals surface area contributed by atoms with Crippen LogP contribution < -0.4 is 0 Å². The van der Waals surface area contributed by atoms with E-state index in [2.05, 4.69) is 41.1 Å². The summed E-state index contributed by atoms with van der Waals surface area (Å²) in [4.78, 5) is 6.85. The van der Waals surface area contributed by atoms with E-state index in [1.165, 1.54) is 5.56 Å². The zero-order valence-electron chi connectivity index (χ0n) is 14.7. The van der Waals surface area contributed by atoms with E-state index in [4.69, 9.17) is 9.15 Å². The highest BCUT2D eigenvalue weighted by Gasteiger charge is 2.37. The minimum Gasteiger partial charge on any atom is -0.439 e. The molecule has 1 saturated heterocycles. The van der Waals surface area contributed by atoms with Crippen molar-refractivity contribution >= 4 is 0 Å². The molecule has 2 fully saturated rings. The van der Waals surface area contributed by atoms with Crippen molar-refractivity contribution in [2.75, 3.05) is 19.8 Å². The molecule has 0 bridgehead atoms. The highest BCUT2D eigenvalue weighted by atomic mass is 16.5. The van der Waals surface area contributed by atoms with Crippen LogP contribution in [-0.2, 0) is 11.3 Å². The van der Waals surface area contributed by atoms with Crippen LogP contribution in [0, 0.1) is 12.8 Å². The summed E-state index contributed by atoms with van der Waals surface area (Å²) < 4.78 is 11.7. The molecule has 0 radical (unpaired) electrons. The lowest BCUT2D eigenvalue weighted by molar-refractivity contribution is -0.0562. The Kier molecular flexibility index (Phi) is 4.88. The number of nitrogens with zero attached hydrogens (tertiary/aromatic N) is 2. The highest BCUT2D eigenvalue weighted by Crippen LogP contribution is 2.33. The van der Waals surface area contributed by atoms with Crippen molar-refractivity contribution in [1.29, 1.82) is 0 Å². The first-order valence-electron chi connectivity index (χ1n) is 9.22. The predicted octanol–water partition coefficient (Wildman–Crippen LogP) is 3.01. The summed E-state index contributed by atoms with van der Waals surface area (Å²) in [5, 5.41) is 10.3. The number of oxazole rings is 1. The van der Waals surface area contributed by atoms with E-state index < -0.39 is 0 Å². The molecule has 2 aromatic rings. The molecule has 1 N–H and O–H groups in total. The Hall–Kier alpha value is -1.69. The van der Waals surface area contributed by atoms with Crippen LogP contribution in [0.25, 0.3) is 11.3 Å². The van der Waals surface area contributed by atoms with Gasteiger partial charge in [0.15, 0.2) is 5.76 Å². The first-order chi connectivity index (χ1) is 12.2. The van der Waals surface area contributed by atoms with Gasteiger partial charge in [0.1, 0.15) is 0 Å². The fraction of sp³-hybridized carbons (Fsp3) is 0.550. The molecule has 25 heavy (non-hydrogen) atoms. The summed E-state index contributed by atoms with van der Waals surface area (Å²) in [7, 11) is 0. The molecule has 1 aromatic carbocycles. The Morgan fingerprint density at radius 2 is 2.08 bits per heavy atom. The standard InChI is InChI=1S/C20H26N2O3/c1-14-5-7-15(8-6-14)19-11-21-20(25-19)12-22-9-10-24-13-17(22)16-3-2-4-18(16)23/h5-8,11,16-18,23H,2-4,9-10,12-13H2,1H3/t16-,17+,18+/m0/s1. The molecule has 0 spiro atoms. The number of morpholine rings is 1. The predicted molar refractivity (Wildman–Crippen MR) is 95.0 cm³/mol. The lowest BCUT2D eigenvalue weighted by Crippen LogP contribution is -2.50. The molecule has 2 aliphatic rings. The number of hydrogen-bond donors (Lipinski definition) is 1. The number of aliphatic hydroxyl groups is 1. The van der Waals surface area contributed by atoms with E-state index >= 15 is 0 Å². The Morgan fingerprint density at radius 1 is 1.24 bits per heavy atom. The minimum absolute atomic E-state index is 0.207. The van der Waals surface area contributed by atoms with Gasteiger partial charge in [-0.3, -0.25) is 4.90 Å². The molecule has 1 aliphatic carbocycles. The van der Waals surface area contributed by atoms with E-state index in [1.807, 2.05) is 0 Å². The molecule has 3 atom stereocenters. The lowest BCUT2D eigenvalue weighted by atomic mass is 9.94. The second-order valence-electron chi connectivity index (χ2n) is 7.26. The van der Waals surface area contributed by atoms with E-state index in [1.54, 1.807) is 6.20 Å². The zero-order valence-corrected chi connectivity index (χ0v) is 14.7. The Labute approximate surface area is 148 Å². The van der Waals surface area contributed by atoms with Gasteiger partial charge in [0, 0.05) is 24.1 Å². The number of aromatic nitrogens is 1. The second-order valence-corrected chi connectivity index (χ2v) is 7.26. The number of aryl methyl sites for hydroxylation is 1. The van der Waals surface area contributed by atoms with Crippen molar-refractivity contribution in [3.05, 3.63) is 41.9 Å². The maximum Gasteiger partial charge on any atom is 0.209 e. The van der Waals surface area contributed by atoms with Gasteiger partial charge in [0.25, 0.3) is 0 Å². The van der Waals surface area contributed by atoms with Gasteiger partial charge in [-0.15, -0.1) is 0 Å². The molecule has 134 valence electrons. The number of hydrogen-bond acceptors (Lipinski definition) is 5. The zero-order chi connectivity index (χ0) is 17.2. The summed E-state index contributed by atoms with van der Waals surface area (Å²) in [6.45, 7) is 5.02. The molecule has 5 heteroatoms. The van der Waals surface area contributed by atoms with Crippen molar-refractivity contribution < 1.29 is 14.3 Å². The third kappa shape index (κ3) is 3.64. The maximum absolute atomic E-state index is 10.3. The van der Waals surface area contributed by atoms with Crippen LogP contribution in [0.3, 0.4) is 0 Å². The average molecular weight is 342 g/mol. The highest BCUT2D eigenvalue weighted by molar-refractivity contribution is 5.56. The van der Waals surface area contributed by atoms with Gasteiger partial charge < -0.3 is 14.3 Å². The molecule has 2 heterocycles. The molecule has 1 saturated carbocycles. The van der Waals surface area contributed by atoms with E-state index in [-0.39, 0.29) is 12.1 Å². The van der Waals surface area contributed by atoms with Crippen molar-refractivity contribution in [2.45, 2.75) is 44.9 Å². The van der Waals surface area contributed by atoms with Crippen LogP contribution in [0.15, 0.2) is 34.9 Å². The van der Waals surface area contributed by atoms with Crippen LogP contribution in [-0.4, -0.2) is 46.9 Å². The van der Waals surface area contributed by atoms with Crippen molar-refractivity contribution in [1.82, 2.24) is 9.88 Å². The molecule has 0 unspecified atom stereocenters. The van der Waals surface area contributed by atoms with E-state index in [9.17, 15) is 5.11 Å². The molecular formula is C20H26N2O3. The lowest BCUT2D eigenvalue weighted by Gasteiger charge is -2.39. The third-order valence-corrected chi connectivity index (χ3v) is 5.53. The normalized spacial score (nSPS) is 27.7. The quantitative estimate of drug-likeness (QED) is 0.925. The summed E-state index contributed by atoms with van der Waals surface area (Å²) in [6, 6.07) is 8.53.